The smallest absolute Gasteiger partial charge is 0.417 e. The number of fused-ring (bicyclic) bond motifs is 2. The van der Waals surface area contributed by atoms with E-state index in [-0.39, 0.29) is 41.4 Å². The summed E-state index contributed by atoms with van der Waals surface area (Å²) >= 11 is 0. The van der Waals surface area contributed by atoms with Gasteiger partial charge >= 0.3 is 6.18 Å². The second-order valence-electron chi connectivity index (χ2n) is 10.1. The number of benzene rings is 1. The Bertz CT molecular complexity index is 1220. The second-order valence-corrected chi connectivity index (χ2v) is 10.1. The number of aliphatic hydroxyl groups excluding tert-OH is 1. The van der Waals surface area contributed by atoms with Gasteiger partial charge in [-0.3, -0.25) is 4.90 Å². The van der Waals surface area contributed by atoms with E-state index in [1.807, 2.05) is 4.90 Å². The minimum Gasteiger partial charge on any atom is -0.473 e. The SMILES string of the molecule is CC(C)CC1C2CC(Oc3ccc(C(F)(F)F)cn3)C(C2)N1C(O)c1cccc(F)c1-c1ncccn1. The lowest BCUT2D eigenvalue weighted by Gasteiger charge is -2.43. The molecule has 5 rings (SSSR count). The van der Waals surface area contributed by atoms with Crippen LogP contribution in [0.1, 0.15) is 50.5 Å². The fourth-order valence-electron chi connectivity index (χ4n) is 5.77. The van der Waals surface area contributed by atoms with Gasteiger partial charge in [0, 0.05) is 42.3 Å². The third-order valence-electron chi connectivity index (χ3n) is 7.26. The number of aliphatic hydroxyl groups is 1. The van der Waals surface area contributed by atoms with Crippen LogP contribution in [0.3, 0.4) is 0 Å². The number of piperidine rings is 1. The molecule has 3 aromatic rings. The van der Waals surface area contributed by atoms with Gasteiger partial charge in [0.2, 0.25) is 5.88 Å². The molecule has 1 aliphatic heterocycles. The molecule has 1 saturated carbocycles. The molecule has 1 aromatic carbocycles. The Balaban J connectivity index is 1.45. The number of alkyl halides is 3. The quantitative estimate of drug-likeness (QED) is 0.410. The standard InChI is InChI=1S/C27H28F4N4O2/c1-15(2)11-20-16-12-21(22(13-16)37-23-8-7-17(14-34-23)27(29,30)31)35(20)26(36)18-5-3-6-19(28)24(18)25-32-9-4-10-33-25/h3-10,14-16,20-22,26,36H,11-13H2,1-2H3. The molecule has 2 bridgehead atoms. The van der Waals surface area contributed by atoms with Crippen molar-refractivity contribution in [1.29, 1.82) is 0 Å². The fourth-order valence-corrected chi connectivity index (χ4v) is 5.77. The predicted molar refractivity (Wildman–Crippen MR) is 128 cm³/mol. The van der Waals surface area contributed by atoms with Gasteiger partial charge in [-0.2, -0.15) is 13.2 Å². The molecule has 1 aliphatic carbocycles. The molecule has 196 valence electrons. The molecular weight excluding hydrogens is 488 g/mol. The molecule has 5 atom stereocenters. The molecule has 5 unspecified atom stereocenters. The molecule has 6 nitrogen and oxygen atoms in total. The van der Waals surface area contributed by atoms with Gasteiger partial charge in [0.1, 0.15) is 18.1 Å². The van der Waals surface area contributed by atoms with Crippen molar-refractivity contribution in [3.63, 3.8) is 0 Å². The summed E-state index contributed by atoms with van der Waals surface area (Å²) in [5, 5.41) is 11.7. The van der Waals surface area contributed by atoms with Gasteiger partial charge in [-0.1, -0.05) is 26.0 Å². The summed E-state index contributed by atoms with van der Waals surface area (Å²) < 4.78 is 59.9. The summed E-state index contributed by atoms with van der Waals surface area (Å²) in [4.78, 5) is 14.2. The molecule has 2 aliphatic rings. The minimum absolute atomic E-state index is 0.0354. The monoisotopic (exact) mass is 516 g/mol. The number of ether oxygens (including phenoxy) is 1. The van der Waals surface area contributed by atoms with Crippen LogP contribution in [0.5, 0.6) is 5.88 Å². The van der Waals surface area contributed by atoms with Crippen molar-refractivity contribution in [1.82, 2.24) is 19.9 Å². The number of pyridine rings is 1. The minimum atomic E-state index is -4.48. The zero-order chi connectivity index (χ0) is 26.3. The maximum atomic E-state index is 15.0. The van der Waals surface area contributed by atoms with Crippen molar-refractivity contribution >= 4 is 0 Å². The van der Waals surface area contributed by atoms with Crippen LogP contribution in [0, 0.1) is 17.7 Å². The Morgan fingerprint density at radius 2 is 1.81 bits per heavy atom. The van der Waals surface area contributed by atoms with Crippen molar-refractivity contribution in [3.05, 3.63) is 71.9 Å². The Kier molecular flexibility index (Phi) is 6.89. The fraction of sp³-hybridized carbons (Fsp3) is 0.444. The van der Waals surface area contributed by atoms with E-state index in [4.69, 9.17) is 4.74 Å². The zero-order valence-corrected chi connectivity index (χ0v) is 20.4. The van der Waals surface area contributed by atoms with E-state index in [0.29, 0.717) is 17.9 Å². The van der Waals surface area contributed by atoms with E-state index in [2.05, 4.69) is 28.8 Å². The van der Waals surface area contributed by atoms with E-state index in [1.165, 1.54) is 24.5 Å². The molecule has 0 spiro atoms. The highest BCUT2D eigenvalue weighted by molar-refractivity contribution is 5.61. The summed E-state index contributed by atoms with van der Waals surface area (Å²) in [6.45, 7) is 4.23. The topological polar surface area (TPSA) is 71.4 Å². The summed E-state index contributed by atoms with van der Waals surface area (Å²) in [5.74, 6) is 0.325. The van der Waals surface area contributed by atoms with Crippen LogP contribution in [-0.2, 0) is 6.18 Å². The Labute approximate surface area is 212 Å². The lowest BCUT2D eigenvalue weighted by molar-refractivity contribution is -0.137. The Hall–Kier alpha value is -3.11. The summed E-state index contributed by atoms with van der Waals surface area (Å²) in [6, 6.07) is 8.15. The maximum Gasteiger partial charge on any atom is 0.417 e. The molecule has 10 heteroatoms. The molecule has 1 N–H and O–H groups in total. The van der Waals surface area contributed by atoms with Crippen LogP contribution in [0.4, 0.5) is 17.6 Å². The highest BCUT2D eigenvalue weighted by atomic mass is 19.4. The first-order valence-electron chi connectivity index (χ1n) is 12.3. The first kappa shape index (κ1) is 25.5. The second kappa shape index (κ2) is 9.98. The molecular formula is C27H28F4N4O2. The van der Waals surface area contributed by atoms with E-state index < -0.39 is 23.8 Å². The highest BCUT2D eigenvalue weighted by Crippen LogP contribution is 2.50. The van der Waals surface area contributed by atoms with Gasteiger partial charge in [-0.15, -0.1) is 0 Å². The van der Waals surface area contributed by atoms with Gasteiger partial charge < -0.3 is 9.84 Å². The average molecular weight is 517 g/mol. The summed E-state index contributed by atoms with van der Waals surface area (Å²) in [5.41, 5.74) is -0.342. The molecule has 2 fully saturated rings. The van der Waals surface area contributed by atoms with Crippen LogP contribution in [0.2, 0.25) is 0 Å². The number of hydrogen-bond acceptors (Lipinski definition) is 6. The van der Waals surface area contributed by atoms with Crippen molar-refractivity contribution in [2.45, 2.75) is 63.7 Å². The van der Waals surface area contributed by atoms with Crippen molar-refractivity contribution < 1.29 is 27.4 Å². The summed E-state index contributed by atoms with van der Waals surface area (Å²) in [6.07, 6.45) is 0.0752. The Morgan fingerprint density at radius 3 is 2.46 bits per heavy atom. The van der Waals surface area contributed by atoms with Crippen LogP contribution in [0.15, 0.2) is 55.0 Å². The largest absolute Gasteiger partial charge is 0.473 e. The summed E-state index contributed by atoms with van der Waals surface area (Å²) in [7, 11) is 0. The Morgan fingerprint density at radius 1 is 1.05 bits per heavy atom. The number of likely N-dealkylation sites (tertiary alicyclic amines) is 1. The lowest BCUT2D eigenvalue weighted by Crippen LogP contribution is -2.51. The number of aromatic nitrogens is 3. The molecule has 0 amide bonds. The van der Waals surface area contributed by atoms with Gasteiger partial charge in [-0.25, -0.2) is 19.3 Å². The first-order chi connectivity index (χ1) is 17.6. The number of hydrogen-bond donors (Lipinski definition) is 1. The van der Waals surface area contributed by atoms with Crippen molar-refractivity contribution in [2.24, 2.45) is 11.8 Å². The van der Waals surface area contributed by atoms with Gasteiger partial charge in [-0.05, 0) is 49.3 Å². The molecule has 37 heavy (non-hydrogen) atoms. The normalized spacial score (nSPS) is 24.5. The van der Waals surface area contributed by atoms with Crippen LogP contribution in [-0.4, -0.2) is 43.1 Å². The third-order valence-corrected chi connectivity index (χ3v) is 7.26. The number of halogens is 4. The van der Waals surface area contributed by atoms with Crippen molar-refractivity contribution in [3.8, 4) is 17.3 Å². The first-order valence-corrected chi connectivity index (χ1v) is 12.3. The van der Waals surface area contributed by atoms with E-state index in [9.17, 15) is 18.3 Å². The van der Waals surface area contributed by atoms with Gasteiger partial charge in [0.05, 0.1) is 11.1 Å². The van der Waals surface area contributed by atoms with Crippen LogP contribution in [0.25, 0.3) is 11.4 Å². The van der Waals surface area contributed by atoms with E-state index in [1.54, 1.807) is 18.2 Å². The lowest BCUT2D eigenvalue weighted by atomic mass is 9.89. The van der Waals surface area contributed by atoms with Crippen molar-refractivity contribution in [2.75, 3.05) is 0 Å². The van der Waals surface area contributed by atoms with E-state index >= 15 is 4.39 Å². The third kappa shape index (κ3) is 5.04. The molecule has 3 heterocycles. The molecule has 0 radical (unpaired) electrons. The van der Waals surface area contributed by atoms with Gasteiger partial charge in [0.25, 0.3) is 0 Å². The number of rotatable bonds is 7. The number of nitrogens with zero attached hydrogens (tertiary/aromatic N) is 4. The van der Waals surface area contributed by atoms with Crippen LogP contribution < -0.4 is 4.74 Å². The molecule has 1 saturated heterocycles. The van der Waals surface area contributed by atoms with Crippen LogP contribution >= 0.6 is 0 Å². The molecule has 2 aromatic heterocycles. The highest BCUT2D eigenvalue weighted by Gasteiger charge is 2.54. The predicted octanol–water partition coefficient (Wildman–Crippen LogP) is 5.64. The average Bonchev–Trinajstić information content (AvgIpc) is 3.41. The zero-order valence-electron chi connectivity index (χ0n) is 20.4. The van der Waals surface area contributed by atoms with Gasteiger partial charge in [0.15, 0.2) is 5.82 Å². The maximum absolute atomic E-state index is 15.0. The van der Waals surface area contributed by atoms with E-state index in [0.717, 1.165) is 25.1 Å².